The molecule has 1 fully saturated rings. The Hall–Kier alpha value is -4.61. The van der Waals surface area contributed by atoms with Gasteiger partial charge in [0, 0.05) is 65.6 Å². The van der Waals surface area contributed by atoms with Gasteiger partial charge in [0.2, 0.25) is 11.9 Å². The number of aromatic nitrogens is 2. The minimum atomic E-state index is -1.39. The monoisotopic (exact) mass is 651 g/mol. The molecule has 13 heteroatoms. The standard InChI is InChI=1S/C32H31Cl2N5O6/c1-45-24-9-3-2-6-19(24)10-11-22-27(30(41)42)29(26-20(33)7-4-8-21(26)34)28(31(43)44)23(37-22)18-25(40)38-14-16-39(17-15-38)32-35-12-5-13-36-32/h2-9,12-13,29,37H,10-11,14-18H2,1H3,(H,41,42)(H,43,44). The molecule has 0 saturated carbocycles. The summed E-state index contributed by atoms with van der Waals surface area (Å²) in [4.78, 5) is 51.6. The Morgan fingerprint density at radius 2 is 1.49 bits per heavy atom. The van der Waals surface area contributed by atoms with Crippen molar-refractivity contribution >= 4 is 47.0 Å². The summed E-state index contributed by atoms with van der Waals surface area (Å²) >= 11 is 13.1. The summed E-state index contributed by atoms with van der Waals surface area (Å²) in [5.74, 6) is -3.17. The molecule has 3 N–H and O–H groups in total. The van der Waals surface area contributed by atoms with Gasteiger partial charge < -0.3 is 30.1 Å². The third-order valence-corrected chi connectivity index (χ3v) is 8.57. The van der Waals surface area contributed by atoms with Crippen LogP contribution in [0.2, 0.25) is 10.0 Å². The van der Waals surface area contributed by atoms with Gasteiger partial charge in [-0.2, -0.15) is 0 Å². The SMILES string of the molecule is COc1ccccc1CCC1=C(C(=O)O)C(c2c(Cl)cccc2Cl)C(C(=O)O)=C(CC(=O)N2CCN(c3ncccn3)CC2)N1. The van der Waals surface area contributed by atoms with E-state index in [2.05, 4.69) is 15.3 Å². The van der Waals surface area contributed by atoms with Crippen LogP contribution in [0.15, 0.2) is 83.5 Å². The Bertz CT molecular complexity index is 1650. The number of ether oxygens (including phenoxy) is 1. The number of aliphatic carboxylic acids is 2. The smallest absolute Gasteiger partial charge is 0.334 e. The van der Waals surface area contributed by atoms with Gasteiger partial charge in [-0.05, 0) is 42.7 Å². The van der Waals surface area contributed by atoms with Crippen LogP contribution in [-0.2, 0) is 20.8 Å². The van der Waals surface area contributed by atoms with Crippen LogP contribution in [0, 0.1) is 0 Å². The van der Waals surface area contributed by atoms with Gasteiger partial charge >= 0.3 is 11.9 Å². The maximum Gasteiger partial charge on any atom is 0.334 e. The number of carbonyl (C=O) groups excluding carboxylic acids is 1. The molecule has 45 heavy (non-hydrogen) atoms. The number of amides is 1. The fourth-order valence-electron chi connectivity index (χ4n) is 5.77. The molecule has 1 saturated heterocycles. The molecule has 3 heterocycles. The lowest BCUT2D eigenvalue weighted by Crippen LogP contribution is -2.49. The number of nitrogens with one attached hydrogen (secondary N) is 1. The van der Waals surface area contributed by atoms with Crippen molar-refractivity contribution in [2.24, 2.45) is 0 Å². The van der Waals surface area contributed by atoms with Gasteiger partial charge in [0.25, 0.3) is 0 Å². The molecule has 1 atom stereocenters. The van der Waals surface area contributed by atoms with Crippen molar-refractivity contribution in [3.63, 3.8) is 0 Å². The average molecular weight is 653 g/mol. The number of anilines is 1. The molecule has 3 aromatic rings. The van der Waals surface area contributed by atoms with Crippen molar-refractivity contribution in [3.8, 4) is 5.75 Å². The fraction of sp³-hybridized carbons (Fsp3) is 0.281. The number of carboxylic acid groups (broad SMARTS) is 2. The molecule has 11 nitrogen and oxygen atoms in total. The molecule has 2 aliphatic heterocycles. The molecule has 2 aliphatic rings. The van der Waals surface area contributed by atoms with E-state index in [4.69, 9.17) is 27.9 Å². The number of carbonyl (C=O) groups is 3. The lowest BCUT2D eigenvalue weighted by molar-refractivity contribution is -0.133. The van der Waals surface area contributed by atoms with E-state index >= 15 is 0 Å². The number of rotatable bonds is 10. The van der Waals surface area contributed by atoms with E-state index in [1.54, 1.807) is 42.6 Å². The summed E-state index contributed by atoms with van der Waals surface area (Å²) < 4.78 is 5.47. The summed E-state index contributed by atoms with van der Waals surface area (Å²) in [7, 11) is 1.55. The van der Waals surface area contributed by atoms with Crippen LogP contribution in [0.1, 0.15) is 29.9 Å². The van der Waals surface area contributed by atoms with Crippen LogP contribution in [0.4, 0.5) is 5.95 Å². The molecule has 0 aliphatic carbocycles. The Morgan fingerprint density at radius 3 is 2.11 bits per heavy atom. The molecule has 234 valence electrons. The Morgan fingerprint density at radius 1 is 0.867 bits per heavy atom. The van der Waals surface area contributed by atoms with Gasteiger partial charge in [-0.25, -0.2) is 19.6 Å². The first-order valence-corrected chi connectivity index (χ1v) is 15.0. The third kappa shape index (κ3) is 6.89. The van der Waals surface area contributed by atoms with Crippen LogP contribution < -0.4 is 15.0 Å². The molecular formula is C32H31Cl2N5O6. The molecule has 5 rings (SSSR count). The van der Waals surface area contributed by atoms with Crippen LogP contribution in [0.3, 0.4) is 0 Å². The first-order valence-electron chi connectivity index (χ1n) is 14.2. The topological polar surface area (TPSA) is 145 Å². The van der Waals surface area contributed by atoms with Crippen molar-refractivity contribution in [3.05, 3.63) is 105 Å². The highest BCUT2D eigenvalue weighted by molar-refractivity contribution is 6.36. The normalized spacial score (nSPS) is 16.8. The number of allylic oxidation sites excluding steroid dienone is 1. The highest BCUT2D eigenvalue weighted by Crippen LogP contribution is 2.45. The minimum Gasteiger partial charge on any atom is -0.496 e. The summed E-state index contributed by atoms with van der Waals surface area (Å²) in [6.07, 6.45) is 3.56. The van der Waals surface area contributed by atoms with Gasteiger partial charge in [-0.3, -0.25) is 4.79 Å². The summed E-state index contributed by atoms with van der Waals surface area (Å²) in [5.41, 5.74) is 0.819. The summed E-state index contributed by atoms with van der Waals surface area (Å²) in [6.45, 7) is 1.75. The zero-order chi connectivity index (χ0) is 32.1. The van der Waals surface area contributed by atoms with Crippen molar-refractivity contribution in [1.82, 2.24) is 20.2 Å². The Balaban J connectivity index is 1.50. The zero-order valence-corrected chi connectivity index (χ0v) is 25.9. The molecule has 1 unspecified atom stereocenters. The van der Waals surface area contributed by atoms with Crippen molar-refractivity contribution < 1.29 is 29.3 Å². The number of carboxylic acids is 2. The second kappa shape index (κ2) is 14.0. The molecule has 0 bridgehead atoms. The van der Waals surface area contributed by atoms with E-state index in [1.165, 1.54) is 12.1 Å². The molecule has 1 aromatic heterocycles. The Labute approximate surface area is 269 Å². The van der Waals surface area contributed by atoms with Gasteiger partial charge in [0.1, 0.15) is 5.75 Å². The second-order valence-corrected chi connectivity index (χ2v) is 11.3. The second-order valence-electron chi connectivity index (χ2n) is 10.5. The van der Waals surface area contributed by atoms with Gasteiger partial charge in [0.05, 0.1) is 30.6 Å². The van der Waals surface area contributed by atoms with Gasteiger partial charge in [-0.15, -0.1) is 0 Å². The van der Waals surface area contributed by atoms with Crippen molar-refractivity contribution in [2.75, 3.05) is 38.2 Å². The lowest BCUT2D eigenvalue weighted by atomic mass is 9.78. The van der Waals surface area contributed by atoms with Crippen LogP contribution in [0.25, 0.3) is 0 Å². The van der Waals surface area contributed by atoms with Crippen LogP contribution in [0.5, 0.6) is 5.75 Å². The number of aryl methyl sites for hydroxylation is 1. The number of halogens is 2. The summed E-state index contributed by atoms with van der Waals surface area (Å²) in [6, 6.07) is 13.7. The number of para-hydroxylation sites is 1. The van der Waals surface area contributed by atoms with Gasteiger partial charge in [-0.1, -0.05) is 47.5 Å². The number of dihydropyridines is 1. The average Bonchev–Trinajstić information content (AvgIpc) is 3.03. The highest BCUT2D eigenvalue weighted by Gasteiger charge is 2.41. The summed E-state index contributed by atoms with van der Waals surface area (Å²) in [5, 5.41) is 24.3. The number of nitrogens with zero attached hydrogens (tertiary/aromatic N) is 4. The number of methoxy groups -OCH3 is 1. The van der Waals surface area contributed by atoms with E-state index in [0.717, 1.165) is 5.56 Å². The van der Waals surface area contributed by atoms with E-state index in [-0.39, 0.29) is 56.9 Å². The molecule has 2 aromatic carbocycles. The maximum atomic E-state index is 13.6. The van der Waals surface area contributed by atoms with Crippen molar-refractivity contribution in [2.45, 2.75) is 25.2 Å². The first kappa shape index (κ1) is 31.8. The third-order valence-electron chi connectivity index (χ3n) is 7.91. The number of hydrogen-bond donors (Lipinski definition) is 3. The predicted octanol–water partition coefficient (Wildman–Crippen LogP) is 4.53. The number of piperazine rings is 1. The van der Waals surface area contributed by atoms with Crippen LogP contribution >= 0.6 is 23.2 Å². The van der Waals surface area contributed by atoms with Crippen molar-refractivity contribution in [1.29, 1.82) is 0 Å². The van der Waals surface area contributed by atoms with E-state index in [1.807, 2.05) is 23.1 Å². The van der Waals surface area contributed by atoms with Gasteiger partial charge in [0.15, 0.2) is 0 Å². The van der Waals surface area contributed by atoms with Crippen LogP contribution in [-0.4, -0.2) is 76.2 Å². The predicted molar refractivity (Wildman–Crippen MR) is 168 cm³/mol. The van der Waals surface area contributed by atoms with E-state index in [9.17, 15) is 24.6 Å². The maximum absolute atomic E-state index is 13.6. The fourth-order valence-corrected chi connectivity index (χ4v) is 6.38. The Kier molecular flexibility index (Phi) is 9.90. The quantitative estimate of drug-likeness (QED) is 0.286. The zero-order valence-electron chi connectivity index (χ0n) is 24.4. The van der Waals surface area contributed by atoms with E-state index < -0.39 is 17.9 Å². The molecule has 0 spiro atoms. The minimum absolute atomic E-state index is 0.0855. The lowest BCUT2D eigenvalue weighted by Gasteiger charge is -2.36. The number of hydrogen-bond acceptors (Lipinski definition) is 8. The van der Waals surface area contributed by atoms with E-state index in [0.29, 0.717) is 44.3 Å². The highest BCUT2D eigenvalue weighted by atomic mass is 35.5. The molecule has 0 radical (unpaired) electrons. The number of benzene rings is 2. The molecular weight excluding hydrogens is 621 g/mol. The molecule has 1 amide bonds. The first-order chi connectivity index (χ1) is 21.7. The largest absolute Gasteiger partial charge is 0.496 e.